The first-order valence-corrected chi connectivity index (χ1v) is 6.92. The lowest BCUT2D eigenvalue weighted by atomic mass is 10.1. The van der Waals surface area contributed by atoms with Gasteiger partial charge in [-0.15, -0.1) is 24.0 Å². The molecule has 5 nitrogen and oxygen atoms in total. The second kappa shape index (κ2) is 7.31. The molecule has 0 rings (SSSR count). The van der Waals surface area contributed by atoms with Gasteiger partial charge in [0.25, 0.3) is 0 Å². The molecule has 0 radical (unpaired) electrons. The van der Waals surface area contributed by atoms with Crippen molar-refractivity contribution in [2.75, 3.05) is 18.6 Å². The van der Waals surface area contributed by atoms with E-state index in [-0.39, 0.29) is 35.3 Å². The van der Waals surface area contributed by atoms with Crippen molar-refractivity contribution in [3.05, 3.63) is 0 Å². The van der Waals surface area contributed by atoms with Crippen molar-refractivity contribution in [1.29, 1.82) is 0 Å². The molecular weight excluding hydrogens is 341 g/mol. The van der Waals surface area contributed by atoms with Crippen LogP contribution in [0.2, 0.25) is 0 Å². The van der Waals surface area contributed by atoms with Crippen molar-refractivity contribution >= 4 is 39.8 Å². The molecule has 0 bridgehead atoms. The summed E-state index contributed by atoms with van der Waals surface area (Å²) in [6.45, 7) is 6.37. The number of nitrogens with two attached hydrogens (primary N) is 1. The molecule has 0 unspecified atom stereocenters. The summed E-state index contributed by atoms with van der Waals surface area (Å²) in [7, 11) is -2.89. The molecule has 16 heavy (non-hydrogen) atoms. The molecule has 0 saturated heterocycles. The predicted octanol–water partition coefficient (Wildman–Crippen LogP) is 0.742. The standard InChI is InChI=1S/C9H21N3O2S.HI/c1-9(2,3)12-8(10)11-6-5-7-15(4,13)14;/h5-7H2,1-4H3,(H3,10,11,12);1H. The van der Waals surface area contributed by atoms with Crippen LogP contribution in [0, 0.1) is 0 Å². The maximum Gasteiger partial charge on any atom is 0.188 e. The van der Waals surface area contributed by atoms with Crippen molar-refractivity contribution in [1.82, 2.24) is 5.32 Å². The number of aliphatic imine (C=N–C) groups is 1. The highest BCUT2D eigenvalue weighted by Crippen LogP contribution is 1.97. The van der Waals surface area contributed by atoms with Crippen LogP contribution in [0.15, 0.2) is 4.99 Å². The minimum absolute atomic E-state index is 0. The lowest BCUT2D eigenvalue weighted by Crippen LogP contribution is -2.45. The summed E-state index contributed by atoms with van der Waals surface area (Å²) in [4.78, 5) is 4.03. The molecule has 3 N–H and O–H groups in total. The summed E-state index contributed by atoms with van der Waals surface area (Å²) in [6, 6.07) is 0. The SMILES string of the molecule is CC(C)(C)NC(N)=NCCCS(C)(=O)=O.I. The molecule has 0 heterocycles. The summed E-state index contributed by atoms with van der Waals surface area (Å²) in [5, 5.41) is 3.00. The van der Waals surface area contributed by atoms with E-state index >= 15 is 0 Å². The van der Waals surface area contributed by atoms with Gasteiger partial charge in [0.2, 0.25) is 0 Å². The van der Waals surface area contributed by atoms with Crippen molar-refractivity contribution < 1.29 is 8.42 Å². The Bertz CT molecular complexity index is 320. The van der Waals surface area contributed by atoms with E-state index in [4.69, 9.17) is 5.73 Å². The quantitative estimate of drug-likeness (QED) is 0.334. The van der Waals surface area contributed by atoms with E-state index in [2.05, 4.69) is 10.3 Å². The van der Waals surface area contributed by atoms with Gasteiger partial charge in [0, 0.05) is 18.3 Å². The van der Waals surface area contributed by atoms with E-state index in [1.165, 1.54) is 6.26 Å². The third-order valence-corrected chi connectivity index (χ3v) is 2.49. The largest absolute Gasteiger partial charge is 0.370 e. The molecule has 0 atom stereocenters. The Balaban J connectivity index is 0. The van der Waals surface area contributed by atoms with Gasteiger partial charge in [-0.1, -0.05) is 0 Å². The highest BCUT2D eigenvalue weighted by molar-refractivity contribution is 14.0. The summed E-state index contributed by atoms with van der Waals surface area (Å²) in [5.41, 5.74) is 5.48. The monoisotopic (exact) mass is 363 g/mol. The zero-order valence-corrected chi connectivity index (χ0v) is 13.4. The van der Waals surface area contributed by atoms with Gasteiger partial charge in [-0.2, -0.15) is 0 Å². The molecular formula is C9H22IN3O2S. The van der Waals surface area contributed by atoms with Gasteiger partial charge in [-0.3, -0.25) is 4.99 Å². The number of nitrogens with one attached hydrogen (secondary N) is 1. The van der Waals surface area contributed by atoms with Crippen LogP contribution in [0.5, 0.6) is 0 Å². The first-order valence-electron chi connectivity index (χ1n) is 4.86. The zero-order valence-electron chi connectivity index (χ0n) is 10.3. The lowest BCUT2D eigenvalue weighted by molar-refractivity contribution is 0.508. The fourth-order valence-electron chi connectivity index (χ4n) is 0.950. The zero-order chi connectivity index (χ0) is 12.1. The Morgan fingerprint density at radius 1 is 1.38 bits per heavy atom. The highest BCUT2D eigenvalue weighted by Gasteiger charge is 2.09. The van der Waals surface area contributed by atoms with Crippen LogP contribution < -0.4 is 11.1 Å². The summed E-state index contributed by atoms with van der Waals surface area (Å²) < 4.78 is 21.6. The molecule has 0 aromatic heterocycles. The molecule has 0 aliphatic heterocycles. The first kappa shape index (κ1) is 18.3. The first-order chi connectivity index (χ1) is 6.60. The van der Waals surface area contributed by atoms with Gasteiger partial charge in [0.15, 0.2) is 5.96 Å². The number of guanidine groups is 1. The van der Waals surface area contributed by atoms with Gasteiger partial charge in [0.1, 0.15) is 9.84 Å². The number of rotatable bonds is 4. The van der Waals surface area contributed by atoms with Crippen LogP contribution in [0.3, 0.4) is 0 Å². The van der Waals surface area contributed by atoms with E-state index in [1.54, 1.807) is 0 Å². The van der Waals surface area contributed by atoms with Crippen LogP contribution >= 0.6 is 24.0 Å². The van der Waals surface area contributed by atoms with E-state index in [1.807, 2.05) is 20.8 Å². The smallest absolute Gasteiger partial charge is 0.188 e. The van der Waals surface area contributed by atoms with Gasteiger partial charge < -0.3 is 11.1 Å². The molecule has 0 aromatic carbocycles. The molecule has 0 fully saturated rings. The van der Waals surface area contributed by atoms with Gasteiger partial charge in [-0.25, -0.2) is 8.42 Å². The molecule has 7 heteroatoms. The maximum atomic E-state index is 10.8. The van der Waals surface area contributed by atoms with Crippen LogP contribution in [0.4, 0.5) is 0 Å². The minimum Gasteiger partial charge on any atom is -0.370 e. The maximum absolute atomic E-state index is 10.8. The molecule has 0 aromatic rings. The fourth-order valence-corrected chi connectivity index (χ4v) is 1.60. The van der Waals surface area contributed by atoms with E-state index in [9.17, 15) is 8.42 Å². The average molecular weight is 363 g/mol. The molecule has 0 aliphatic carbocycles. The summed E-state index contributed by atoms with van der Waals surface area (Å²) >= 11 is 0. The van der Waals surface area contributed by atoms with Crippen molar-refractivity contribution in [2.45, 2.75) is 32.7 Å². The van der Waals surface area contributed by atoms with Crippen molar-refractivity contribution in [3.8, 4) is 0 Å². The van der Waals surface area contributed by atoms with Gasteiger partial charge in [0.05, 0.1) is 5.75 Å². The van der Waals surface area contributed by atoms with Crippen LogP contribution in [0.25, 0.3) is 0 Å². The number of sulfone groups is 1. The predicted molar refractivity (Wildman–Crippen MR) is 79.1 cm³/mol. The Kier molecular flexibility index (Phi) is 8.37. The van der Waals surface area contributed by atoms with Gasteiger partial charge >= 0.3 is 0 Å². The van der Waals surface area contributed by atoms with Crippen LogP contribution in [-0.2, 0) is 9.84 Å². The number of nitrogens with zero attached hydrogens (tertiary/aromatic N) is 1. The highest BCUT2D eigenvalue weighted by atomic mass is 127. The van der Waals surface area contributed by atoms with Crippen LogP contribution in [0.1, 0.15) is 27.2 Å². The minimum atomic E-state index is -2.89. The van der Waals surface area contributed by atoms with E-state index in [0.717, 1.165) is 0 Å². The molecule has 0 saturated carbocycles. The van der Waals surface area contributed by atoms with E-state index < -0.39 is 9.84 Å². The third-order valence-electron chi connectivity index (χ3n) is 1.46. The summed E-state index contributed by atoms with van der Waals surface area (Å²) in [6.07, 6.45) is 1.72. The van der Waals surface area contributed by atoms with Crippen LogP contribution in [-0.4, -0.2) is 38.5 Å². The normalized spacial score (nSPS) is 13.1. The summed E-state index contributed by atoms with van der Waals surface area (Å²) in [5.74, 6) is 0.509. The number of hydrogen-bond acceptors (Lipinski definition) is 3. The fraction of sp³-hybridized carbons (Fsp3) is 0.889. The Hall–Kier alpha value is -0.0500. The Morgan fingerprint density at radius 3 is 2.25 bits per heavy atom. The average Bonchev–Trinajstić information content (AvgIpc) is 1.92. The molecule has 0 amide bonds. The topological polar surface area (TPSA) is 84.5 Å². The number of hydrogen-bond donors (Lipinski definition) is 2. The number of halogens is 1. The van der Waals surface area contributed by atoms with E-state index in [0.29, 0.717) is 18.9 Å². The third kappa shape index (κ3) is 13.9. The molecule has 0 aliphatic rings. The molecule has 98 valence electrons. The van der Waals surface area contributed by atoms with Crippen molar-refractivity contribution in [3.63, 3.8) is 0 Å². The second-order valence-corrected chi connectivity index (χ2v) is 6.89. The Morgan fingerprint density at radius 2 is 1.88 bits per heavy atom. The van der Waals surface area contributed by atoms with Crippen molar-refractivity contribution in [2.24, 2.45) is 10.7 Å². The second-order valence-electron chi connectivity index (χ2n) is 4.63. The Labute approximate surface area is 115 Å². The molecule has 0 spiro atoms. The lowest BCUT2D eigenvalue weighted by Gasteiger charge is -2.20. The van der Waals surface area contributed by atoms with Gasteiger partial charge in [-0.05, 0) is 27.2 Å².